The molecule has 0 radical (unpaired) electrons. The molecule has 0 spiro atoms. The molecule has 3 aromatic rings. The molecule has 1 aliphatic carbocycles. The Hall–Kier alpha value is -2.33. The van der Waals surface area contributed by atoms with E-state index < -0.39 is 0 Å². The van der Waals surface area contributed by atoms with Gasteiger partial charge < -0.3 is 16.0 Å². The van der Waals surface area contributed by atoms with Crippen LogP contribution < -0.4 is 11.5 Å². The van der Waals surface area contributed by atoms with E-state index in [1.807, 2.05) is 18.2 Å². The highest BCUT2D eigenvalue weighted by Crippen LogP contribution is 2.38. The van der Waals surface area contributed by atoms with E-state index in [-0.39, 0.29) is 0 Å². The highest BCUT2D eigenvalue weighted by atomic mass is 32.1. The molecule has 2 aromatic carbocycles. The largest absolute Gasteiger partial charge is 0.399 e. The molecule has 0 aliphatic heterocycles. The molecule has 1 saturated carbocycles. The standard InChI is InChI=1S/C20H21N3S/c21-15-8-9-17-18(13-4-3-5-14(10-13)20(22)24)12-23(19(17)11-15)16-6-1-2-7-16/h3-5,8-12,16H,1-2,6-7,21H2,(H2,22,24). The number of nitrogens with zero attached hydrogens (tertiary/aromatic N) is 1. The summed E-state index contributed by atoms with van der Waals surface area (Å²) in [6.07, 6.45) is 7.37. The number of hydrogen-bond acceptors (Lipinski definition) is 2. The first-order chi connectivity index (χ1) is 11.6. The van der Waals surface area contributed by atoms with Crippen LogP contribution in [0.25, 0.3) is 22.0 Å². The summed E-state index contributed by atoms with van der Waals surface area (Å²) in [5, 5.41) is 1.23. The molecule has 1 heterocycles. The van der Waals surface area contributed by atoms with Gasteiger partial charge in [-0.15, -0.1) is 0 Å². The smallest absolute Gasteiger partial charge is 0.104 e. The van der Waals surface area contributed by atoms with Crippen molar-refractivity contribution in [3.8, 4) is 11.1 Å². The fourth-order valence-electron chi connectivity index (χ4n) is 3.82. The Morgan fingerprint density at radius 2 is 1.88 bits per heavy atom. The Bertz CT molecular complexity index is 920. The summed E-state index contributed by atoms with van der Waals surface area (Å²) >= 11 is 5.13. The zero-order chi connectivity index (χ0) is 16.7. The number of anilines is 1. The summed E-state index contributed by atoms with van der Waals surface area (Å²) < 4.78 is 2.42. The van der Waals surface area contributed by atoms with Crippen molar-refractivity contribution in [2.24, 2.45) is 5.73 Å². The summed E-state index contributed by atoms with van der Waals surface area (Å²) in [5.41, 5.74) is 17.2. The third-order valence-electron chi connectivity index (χ3n) is 5.03. The van der Waals surface area contributed by atoms with Crippen molar-refractivity contribution < 1.29 is 0 Å². The molecule has 4 heteroatoms. The van der Waals surface area contributed by atoms with Gasteiger partial charge in [0.05, 0.1) is 5.52 Å². The van der Waals surface area contributed by atoms with Crippen molar-refractivity contribution in [1.29, 1.82) is 0 Å². The normalized spacial score (nSPS) is 15.2. The van der Waals surface area contributed by atoms with Crippen molar-refractivity contribution >= 4 is 33.8 Å². The molecule has 3 nitrogen and oxygen atoms in total. The van der Waals surface area contributed by atoms with E-state index >= 15 is 0 Å². The number of nitrogen functional groups attached to an aromatic ring is 1. The zero-order valence-corrected chi connectivity index (χ0v) is 14.4. The van der Waals surface area contributed by atoms with Crippen LogP contribution in [-0.2, 0) is 0 Å². The van der Waals surface area contributed by atoms with Gasteiger partial charge in [-0.1, -0.05) is 49.3 Å². The molecule has 24 heavy (non-hydrogen) atoms. The first-order valence-corrected chi connectivity index (χ1v) is 8.84. The van der Waals surface area contributed by atoms with E-state index in [0.717, 1.165) is 16.8 Å². The van der Waals surface area contributed by atoms with E-state index in [1.54, 1.807) is 0 Å². The SMILES string of the molecule is NC(=S)c1cccc(-c2cn(C3CCCC3)c3cc(N)ccc23)c1. The summed E-state index contributed by atoms with van der Waals surface area (Å²) in [5.74, 6) is 0. The Labute approximate surface area is 147 Å². The van der Waals surface area contributed by atoms with Crippen molar-refractivity contribution in [2.75, 3.05) is 5.73 Å². The van der Waals surface area contributed by atoms with Crippen LogP contribution in [0.2, 0.25) is 0 Å². The van der Waals surface area contributed by atoms with Gasteiger partial charge in [0.15, 0.2) is 0 Å². The lowest BCUT2D eigenvalue weighted by Gasteiger charge is -2.13. The van der Waals surface area contributed by atoms with E-state index in [9.17, 15) is 0 Å². The zero-order valence-electron chi connectivity index (χ0n) is 13.5. The highest BCUT2D eigenvalue weighted by Gasteiger charge is 2.20. The minimum atomic E-state index is 0.431. The summed E-state index contributed by atoms with van der Waals surface area (Å²) in [4.78, 5) is 0.431. The fraction of sp³-hybridized carbons (Fsp3) is 0.250. The number of fused-ring (bicyclic) bond motifs is 1. The maximum atomic E-state index is 6.06. The summed E-state index contributed by atoms with van der Waals surface area (Å²) in [7, 11) is 0. The van der Waals surface area contributed by atoms with Crippen LogP contribution in [0.3, 0.4) is 0 Å². The summed E-state index contributed by atoms with van der Waals surface area (Å²) in [6.45, 7) is 0. The molecule has 1 fully saturated rings. The highest BCUT2D eigenvalue weighted by molar-refractivity contribution is 7.80. The number of thiocarbonyl (C=S) groups is 1. The van der Waals surface area contributed by atoms with Gasteiger partial charge in [-0.25, -0.2) is 0 Å². The second-order valence-corrected chi connectivity index (χ2v) is 7.05. The molecular weight excluding hydrogens is 314 g/mol. The van der Waals surface area contributed by atoms with Gasteiger partial charge >= 0.3 is 0 Å². The van der Waals surface area contributed by atoms with Crippen LogP contribution in [0.1, 0.15) is 37.3 Å². The third-order valence-corrected chi connectivity index (χ3v) is 5.27. The predicted octanol–water partition coefficient (Wildman–Crippen LogP) is 4.64. The Morgan fingerprint density at radius 3 is 2.62 bits per heavy atom. The van der Waals surface area contributed by atoms with Crippen LogP contribution in [-0.4, -0.2) is 9.56 Å². The topological polar surface area (TPSA) is 57.0 Å². The Kier molecular flexibility index (Phi) is 3.77. The molecule has 122 valence electrons. The fourth-order valence-corrected chi connectivity index (χ4v) is 3.95. The van der Waals surface area contributed by atoms with E-state index in [1.165, 1.54) is 42.1 Å². The first-order valence-electron chi connectivity index (χ1n) is 8.44. The van der Waals surface area contributed by atoms with Crippen molar-refractivity contribution in [3.05, 3.63) is 54.2 Å². The van der Waals surface area contributed by atoms with Crippen molar-refractivity contribution in [2.45, 2.75) is 31.7 Å². The van der Waals surface area contributed by atoms with E-state index in [2.05, 4.69) is 35.0 Å². The average Bonchev–Trinajstić information content (AvgIpc) is 3.21. The van der Waals surface area contributed by atoms with Gasteiger partial charge in [0.2, 0.25) is 0 Å². The lowest BCUT2D eigenvalue weighted by molar-refractivity contribution is 0.536. The molecule has 4 rings (SSSR count). The number of rotatable bonds is 3. The number of aromatic nitrogens is 1. The molecule has 0 atom stereocenters. The van der Waals surface area contributed by atoms with Crippen LogP contribution >= 0.6 is 12.2 Å². The maximum absolute atomic E-state index is 6.06. The minimum absolute atomic E-state index is 0.431. The molecule has 0 amide bonds. The van der Waals surface area contributed by atoms with Gasteiger partial charge in [0, 0.05) is 34.4 Å². The molecule has 0 bridgehead atoms. The second-order valence-electron chi connectivity index (χ2n) is 6.61. The summed E-state index contributed by atoms with van der Waals surface area (Å²) in [6, 6.07) is 14.9. The molecule has 1 aliphatic rings. The van der Waals surface area contributed by atoms with Crippen molar-refractivity contribution in [3.63, 3.8) is 0 Å². The molecule has 1 aromatic heterocycles. The van der Waals surface area contributed by atoms with Gasteiger partial charge in [0.25, 0.3) is 0 Å². The lowest BCUT2D eigenvalue weighted by atomic mass is 10.0. The number of benzene rings is 2. The molecule has 0 saturated heterocycles. The lowest BCUT2D eigenvalue weighted by Crippen LogP contribution is -2.08. The Morgan fingerprint density at radius 1 is 1.08 bits per heavy atom. The van der Waals surface area contributed by atoms with Gasteiger partial charge in [-0.2, -0.15) is 0 Å². The van der Waals surface area contributed by atoms with Crippen molar-refractivity contribution in [1.82, 2.24) is 4.57 Å². The number of hydrogen-bond donors (Lipinski definition) is 2. The van der Waals surface area contributed by atoms with Gasteiger partial charge in [-0.05, 0) is 36.6 Å². The molecule has 0 unspecified atom stereocenters. The molecule has 4 N–H and O–H groups in total. The average molecular weight is 335 g/mol. The van der Waals surface area contributed by atoms with E-state index in [4.69, 9.17) is 23.7 Å². The van der Waals surface area contributed by atoms with Gasteiger partial charge in [-0.3, -0.25) is 0 Å². The van der Waals surface area contributed by atoms with Crippen LogP contribution in [0.4, 0.5) is 5.69 Å². The minimum Gasteiger partial charge on any atom is -0.399 e. The quantitative estimate of drug-likeness (QED) is 0.541. The predicted molar refractivity (Wildman–Crippen MR) is 105 cm³/mol. The number of nitrogens with two attached hydrogens (primary N) is 2. The van der Waals surface area contributed by atoms with Crippen LogP contribution in [0.5, 0.6) is 0 Å². The second kappa shape index (κ2) is 5.95. The third kappa shape index (κ3) is 2.57. The van der Waals surface area contributed by atoms with E-state index in [0.29, 0.717) is 11.0 Å². The monoisotopic (exact) mass is 335 g/mol. The Balaban J connectivity index is 1.92. The van der Waals surface area contributed by atoms with Gasteiger partial charge in [0.1, 0.15) is 4.99 Å². The van der Waals surface area contributed by atoms with Crippen LogP contribution in [0.15, 0.2) is 48.7 Å². The first kappa shape index (κ1) is 15.2. The molecular formula is C20H21N3S. The van der Waals surface area contributed by atoms with Crippen LogP contribution in [0, 0.1) is 0 Å². The maximum Gasteiger partial charge on any atom is 0.104 e.